The van der Waals surface area contributed by atoms with Gasteiger partial charge in [-0.25, -0.2) is 0 Å². The van der Waals surface area contributed by atoms with Crippen LogP contribution in [0.5, 0.6) is 11.5 Å². The lowest BCUT2D eigenvalue weighted by molar-refractivity contribution is 0.104. The number of rotatable bonds is 5. The van der Waals surface area contributed by atoms with E-state index >= 15 is 0 Å². The van der Waals surface area contributed by atoms with Crippen molar-refractivity contribution in [3.8, 4) is 11.5 Å². The fourth-order valence-electron chi connectivity index (χ4n) is 2.38. The molecule has 1 aromatic carbocycles. The maximum absolute atomic E-state index is 12.3. The number of ether oxygens (including phenoxy) is 2. The van der Waals surface area contributed by atoms with Gasteiger partial charge in [0.2, 0.25) is 0 Å². The zero-order chi connectivity index (χ0) is 17.0. The van der Waals surface area contributed by atoms with Gasteiger partial charge < -0.3 is 14.5 Å². The van der Waals surface area contributed by atoms with E-state index in [1.807, 2.05) is 0 Å². The second kappa shape index (κ2) is 6.96. The minimum atomic E-state index is -0.380. The quantitative estimate of drug-likeness (QED) is 0.681. The van der Waals surface area contributed by atoms with Crippen molar-refractivity contribution in [2.45, 2.75) is 13.8 Å². The molecule has 1 N–H and O–H groups in total. The Morgan fingerprint density at radius 3 is 2.48 bits per heavy atom. The molecule has 2 aromatic rings. The average Bonchev–Trinajstić information content (AvgIpc) is 2.51. The van der Waals surface area contributed by atoms with Crippen molar-refractivity contribution >= 4 is 11.9 Å². The van der Waals surface area contributed by atoms with E-state index < -0.39 is 0 Å². The number of H-pyrrole nitrogens is 1. The van der Waals surface area contributed by atoms with Crippen LogP contribution in [0.1, 0.15) is 27.2 Å². The fraction of sp³-hybridized carbons (Fsp3) is 0.222. The number of pyridine rings is 1. The van der Waals surface area contributed by atoms with Crippen molar-refractivity contribution in [3.05, 3.63) is 63.1 Å². The molecule has 0 radical (unpaired) electrons. The molecular formula is C18H19NO4. The van der Waals surface area contributed by atoms with Crippen LogP contribution >= 0.6 is 0 Å². The van der Waals surface area contributed by atoms with Gasteiger partial charge in [-0.3, -0.25) is 9.59 Å². The van der Waals surface area contributed by atoms with Crippen molar-refractivity contribution in [3.63, 3.8) is 0 Å². The van der Waals surface area contributed by atoms with Gasteiger partial charge in [0, 0.05) is 11.3 Å². The van der Waals surface area contributed by atoms with Crippen LogP contribution in [-0.2, 0) is 0 Å². The topological polar surface area (TPSA) is 68.4 Å². The molecule has 5 nitrogen and oxygen atoms in total. The van der Waals surface area contributed by atoms with Crippen LogP contribution in [0.15, 0.2) is 35.1 Å². The molecule has 0 bridgehead atoms. The van der Waals surface area contributed by atoms with E-state index in [1.54, 1.807) is 58.4 Å². The molecule has 1 aromatic heterocycles. The third-order valence-corrected chi connectivity index (χ3v) is 3.46. The molecule has 23 heavy (non-hydrogen) atoms. The molecule has 0 aliphatic carbocycles. The van der Waals surface area contributed by atoms with Crippen molar-refractivity contribution in [1.82, 2.24) is 4.98 Å². The lowest BCUT2D eigenvalue weighted by Gasteiger charge is -2.07. The highest BCUT2D eigenvalue weighted by molar-refractivity contribution is 6.07. The van der Waals surface area contributed by atoms with Crippen molar-refractivity contribution in [2.75, 3.05) is 14.2 Å². The number of hydrogen-bond acceptors (Lipinski definition) is 4. The third-order valence-electron chi connectivity index (χ3n) is 3.46. The standard InChI is InChI=1S/C18H19NO4/c1-11-9-12(2)19-18(21)17(11)15(20)7-5-13-10-14(22-3)6-8-16(13)23-4/h5-10H,1-4H3,(H,19,21). The van der Waals surface area contributed by atoms with Gasteiger partial charge in [-0.1, -0.05) is 0 Å². The second-order valence-corrected chi connectivity index (χ2v) is 5.14. The van der Waals surface area contributed by atoms with Crippen LogP contribution in [0.3, 0.4) is 0 Å². The van der Waals surface area contributed by atoms with E-state index in [9.17, 15) is 9.59 Å². The van der Waals surface area contributed by atoms with Gasteiger partial charge in [0.05, 0.1) is 19.8 Å². The van der Waals surface area contributed by atoms with Crippen LogP contribution in [-0.4, -0.2) is 25.0 Å². The Labute approximate surface area is 134 Å². The highest BCUT2D eigenvalue weighted by Crippen LogP contribution is 2.25. The smallest absolute Gasteiger partial charge is 0.259 e. The Morgan fingerprint density at radius 2 is 1.87 bits per heavy atom. The van der Waals surface area contributed by atoms with E-state index in [-0.39, 0.29) is 16.9 Å². The van der Waals surface area contributed by atoms with E-state index in [0.717, 1.165) is 5.69 Å². The first-order chi connectivity index (χ1) is 11.0. The van der Waals surface area contributed by atoms with Gasteiger partial charge in [-0.15, -0.1) is 0 Å². The Kier molecular flexibility index (Phi) is 5.01. The van der Waals surface area contributed by atoms with Crippen LogP contribution in [0.2, 0.25) is 0 Å². The first-order valence-corrected chi connectivity index (χ1v) is 7.11. The molecule has 0 atom stereocenters. The number of methoxy groups -OCH3 is 2. The monoisotopic (exact) mass is 313 g/mol. The molecule has 5 heteroatoms. The summed E-state index contributed by atoms with van der Waals surface area (Å²) in [5.74, 6) is 0.917. The van der Waals surface area contributed by atoms with Gasteiger partial charge in [-0.05, 0) is 55.8 Å². The summed E-state index contributed by atoms with van der Waals surface area (Å²) in [7, 11) is 3.12. The molecular weight excluding hydrogens is 294 g/mol. The van der Waals surface area contributed by atoms with Crippen LogP contribution < -0.4 is 15.0 Å². The number of allylic oxidation sites excluding steroid dienone is 1. The van der Waals surface area contributed by atoms with Crippen LogP contribution in [0, 0.1) is 13.8 Å². The van der Waals surface area contributed by atoms with E-state index in [0.29, 0.717) is 22.6 Å². The summed E-state index contributed by atoms with van der Waals surface area (Å²) in [5.41, 5.74) is 1.84. The van der Waals surface area contributed by atoms with E-state index in [1.165, 1.54) is 6.08 Å². The maximum Gasteiger partial charge on any atom is 0.259 e. The second-order valence-electron chi connectivity index (χ2n) is 5.14. The highest BCUT2D eigenvalue weighted by atomic mass is 16.5. The highest BCUT2D eigenvalue weighted by Gasteiger charge is 2.12. The van der Waals surface area contributed by atoms with Gasteiger partial charge in [0.25, 0.3) is 5.56 Å². The summed E-state index contributed by atoms with van der Waals surface area (Å²) >= 11 is 0. The largest absolute Gasteiger partial charge is 0.497 e. The van der Waals surface area contributed by atoms with Gasteiger partial charge in [-0.2, -0.15) is 0 Å². The summed E-state index contributed by atoms with van der Waals surface area (Å²) in [4.78, 5) is 27.0. The van der Waals surface area contributed by atoms with E-state index in [4.69, 9.17) is 9.47 Å². The Bertz CT molecular complexity index is 818. The molecule has 0 fully saturated rings. The van der Waals surface area contributed by atoms with Gasteiger partial charge >= 0.3 is 0 Å². The predicted octanol–water partition coefficient (Wildman–Crippen LogP) is 2.91. The van der Waals surface area contributed by atoms with Crippen molar-refractivity contribution < 1.29 is 14.3 Å². The molecule has 0 aliphatic rings. The molecule has 0 amide bonds. The fourth-order valence-corrected chi connectivity index (χ4v) is 2.38. The van der Waals surface area contributed by atoms with Gasteiger partial charge in [0.1, 0.15) is 11.5 Å². The van der Waals surface area contributed by atoms with Crippen LogP contribution in [0.25, 0.3) is 6.08 Å². The number of nitrogens with one attached hydrogen (secondary N) is 1. The zero-order valence-corrected chi connectivity index (χ0v) is 13.6. The Morgan fingerprint density at radius 1 is 1.13 bits per heavy atom. The maximum atomic E-state index is 12.3. The molecule has 120 valence electrons. The summed E-state index contributed by atoms with van der Waals surface area (Å²) < 4.78 is 10.4. The molecule has 1 heterocycles. The lowest BCUT2D eigenvalue weighted by atomic mass is 10.0. The molecule has 0 saturated heterocycles. The molecule has 0 saturated carbocycles. The average molecular weight is 313 g/mol. The molecule has 0 spiro atoms. The molecule has 0 aliphatic heterocycles. The number of hydrogen-bond donors (Lipinski definition) is 1. The number of carbonyl (C=O) groups is 1. The van der Waals surface area contributed by atoms with Crippen molar-refractivity contribution in [2.24, 2.45) is 0 Å². The van der Waals surface area contributed by atoms with Gasteiger partial charge in [0.15, 0.2) is 5.78 Å². The zero-order valence-electron chi connectivity index (χ0n) is 13.6. The predicted molar refractivity (Wildman–Crippen MR) is 89.4 cm³/mol. The molecule has 0 unspecified atom stereocenters. The first-order valence-electron chi connectivity index (χ1n) is 7.11. The summed E-state index contributed by atoms with van der Waals surface area (Å²) in [6, 6.07) is 7.06. The SMILES string of the molecule is COc1ccc(OC)c(C=CC(=O)c2c(C)cc(C)[nH]c2=O)c1. The minimum Gasteiger partial charge on any atom is -0.497 e. The number of aromatic nitrogens is 1. The van der Waals surface area contributed by atoms with Crippen LogP contribution in [0.4, 0.5) is 0 Å². The number of benzene rings is 1. The number of aryl methyl sites for hydroxylation is 2. The Hall–Kier alpha value is -2.82. The third kappa shape index (κ3) is 3.69. The first kappa shape index (κ1) is 16.5. The van der Waals surface area contributed by atoms with E-state index in [2.05, 4.69) is 4.98 Å². The number of aromatic amines is 1. The minimum absolute atomic E-state index is 0.147. The van der Waals surface area contributed by atoms with Crippen molar-refractivity contribution in [1.29, 1.82) is 0 Å². The number of ketones is 1. The normalized spacial score (nSPS) is 10.8. The number of carbonyl (C=O) groups excluding carboxylic acids is 1. The summed E-state index contributed by atoms with van der Waals surface area (Å²) in [5, 5.41) is 0. The Balaban J connectivity index is 2.37. The summed E-state index contributed by atoms with van der Waals surface area (Å²) in [6.45, 7) is 3.52. The molecule has 2 rings (SSSR count). The lowest BCUT2D eigenvalue weighted by Crippen LogP contribution is -2.19. The summed E-state index contributed by atoms with van der Waals surface area (Å²) in [6.07, 6.45) is 2.98.